The largest absolute Gasteiger partial charge is 0.480 e. The monoisotopic (exact) mass is 249 g/mol. The number of carbonyl (C=O) groups is 1. The molecule has 3 heteroatoms. The molecule has 0 radical (unpaired) electrons. The van der Waals surface area contributed by atoms with Gasteiger partial charge in [0, 0.05) is 0 Å². The number of likely N-dealkylation sites (N-methyl/N-ethyl adjacent to an activating group) is 1. The number of rotatable bonds is 5. The van der Waals surface area contributed by atoms with E-state index in [1.807, 2.05) is 14.1 Å². The summed E-state index contributed by atoms with van der Waals surface area (Å²) in [5, 5.41) is 9.16. The maximum atomic E-state index is 11.1. The van der Waals surface area contributed by atoms with Gasteiger partial charge in [0.15, 0.2) is 0 Å². The molecule has 1 unspecified atom stereocenters. The first kappa shape index (κ1) is 14.7. The summed E-state index contributed by atoms with van der Waals surface area (Å²) in [6.45, 7) is 6.28. The molecule has 0 aliphatic carbocycles. The number of hydrogen-bond acceptors (Lipinski definition) is 2. The van der Waals surface area contributed by atoms with Crippen LogP contribution in [-0.2, 0) is 11.2 Å². The van der Waals surface area contributed by atoms with Crippen molar-refractivity contribution in [3.63, 3.8) is 0 Å². The van der Waals surface area contributed by atoms with E-state index in [-0.39, 0.29) is 0 Å². The lowest BCUT2D eigenvalue weighted by molar-refractivity contribution is -0.142. The number of aliphatic carboxylic acids is 1. The highest BCUT2D eigenvalue weighted by molar-refractivity contribution is 5.73. The van der Waals surface area contributed by atoms with E-state index in [0.717, 1.165) is 6.42 Å². The molecule has 1 aromatic carbocycles. The van der Waals surface area contributed by atoms with Crippen LogP contribution >= 0.6 is 0 Å². The average molecular weight is 249 g/mol. The molecule has 0 aliphatic rings. The van der Waals surface area contributed by atoms with E-state index in [0.29, 0.717) is 6.42 Å². The summed E-state index contributed by atoms with van der Waals surface area (Å²) in [6.07, 6.45) is 1.46. The van der Waals surface area contributed by atoms with Gasteiger partial charge >= 0.3 is 5.97 Å². The molecule has 0 saturated carbocycles. The number of carboxylic acid groups (broad SMARTS) is 1. The van der Waals surface area contributed by atoms with E-state index < -0.39 is 12.0 Å². The Labute approximate surface area is 109 Å². The molecule has 1 aromatic rings. The van der Waals surface area contributed by atoms with Gasteiger partial charge in [-0.05, 0) is 64.4 Å². The molecular weight excluding hydrogens is 226 g/mol. The van der Waals surface area contributed by atoms with Crippen molar-refractivity contribution in [1.82, 2.24) is 4.90 Å². The number of hydrogen-bond donors (Lipinski definition) is 1. The minimum Gasteiger partial charge on any atom is -0.480 e. The Morgan fingerprint density at radius 3 is 2.11 bits per heavy atom. The average Bonchev–Trinajstić information content (AvgIpc) is 2.20. The van der Waals surface area contributed by atoms with Crippen molar-refractivity contribution < 1.29 is 9.90 Å². The molecule has 0 bridgehead atoms. The van der Waals surface area contributed by atoms with Crippen LogP contribution in [0.3, 0.4) is 0 Å². The van der Waals surface area contributed by atoms with Crippen LogP contribution in [-0.4, -0.2) is 36.1 Å². The van der Waals surface area contributed by atoms with E-state index >= 15 is 0 Å². The van der Waals surface area contributed by atoms with Crippen molar-refractivity contribution in [3.8, 4) is 0 Å². The van der Waals surface area contributed by atoms with Gasteiger partial charge in [-0.1, -0.05) is 17.7 Å². The van der Waals surface area contributed by atoms with Crippen LogP contribution in [0.4, 0.5) is 0 Å². The molecule has 0 saturated heterocycles. The summed E-state index contributed by atoms with van der Waals surface area (Å²) in [5.41, 5.74) is 5.07. The summed E-state index contributed by atoms with van der Waals surface area (Å²) in [5.74, 6) is -0.748. The minimum absolute atomic E-state index is 0.412. The van der Waals surface area contributed by atoms with Gasteiger partial charge in [-0.25, -0.2) is 0 Å². The van der Waals surface area contributed by atoms with Crippen LogP contribution in [0.5, 0.6) is 0 Å². The van der Waals surface area contributed by atoms with Gasteiger partial charge in [0.2, 0.25) is 0 Å². The molecule has 1 N–H and O–H groups in total. The van der Waals surface area contributed by atoms with Crippen LogP contribution in [0.25, 0.3) is 0 Å². The summed E-state index contributed by atoms with van der Waals surface area (Å²) >= 11 is 0. The fourth-order valence-electron chi connectivity index (χ4n) is 2.49. The Morgan fingerprint density at radius 1 is 1.22 bits per heavy atom. The maximum Gasteiger partial charge on any atom is 0.320 e. The van der Waals surface area contributed by atoms with Crippen LogP contribution < -0.4 is 0 Å². The van der Waals surface area contributed by atoms with Gasteiger partial charge in [0.1, 0.15) is 6.04 Å². The van der Waals surface area contributed by atoms with E-state index in [2.05, 4.69) is 32.9 Å². The number of carboxylic acids is 1. The third-order valence-electron chi connectivity index (χ3n) is 3.42. The van der Waals surface area contributed by atoms with Crippen molar-refractivity contribution in [3.05, 3.63) is 34.4 Å². The molecule has 0 fully saturated rings. The number of nitrogens with zero attached hydrogens (tertiary/aromatic N) is 1. The van der Waals surface area contributed by atoms with Crippen LogP contribution in [0.2, 0.25) is 0 Å². The van der Waals surface area contributed by atoms with Gasteiger partial charge in [-0.2, -0.15) is 0 Å². The molecule has 100 valence electrons. The SMILES string of the molecule is Cc1cc(C)c(CCC(C(=O)O)N(C)C)c(C)c1. The predicted octanol–water partition coefficient (Wildman–Crippen LogP) is 2.56. The van der Waals surface area contributed by atoms with Gasteiger partial charge in [-0.15, -0.1) is 0 Å². The van der Waals surface area contributed by atoms with Crippen LogP contribution in [0.15, 0.2) is 12.1 Å². The lowest BCUT2D eigenvalue weighted by Crippen LogP contribution is -2.36. The Bertz CT molecular complexity index is 415. The topological polar surface area (TPSA) is 40.5 Å². The molecule has 0 heterocycles. The van der Waals surface area contributed by atoms with Crippen molar-refractivity contribution in [2.24, 2.45) is 0 Å². The molecule has 3 nitrogen and oxygen atoms in total. The third-order valence-corrected chi connectivity index (χ3v) is 3.42. The fraction of sp³-hybridized carbons (Fsp3) is 0.533. The van der Waals surface area contributed by atoms with Gasteiger partial charge < -0.3 is 5.11 Å². The van der Waals surface area contributed by atoms with E-state index in [4.69, 9.17) is 5.11 Å². The first-order valence-electron chi connectivity index (χ1n) is 6.29. The summed E-state index contributed by atoms with van der Waals surface area (Å²) in [4.78, 5) is 12.9. The Kier molecular flexibility index (Phi) is 4.91. The van der Waals surface area contributed by atoms with Crippen LogP contribution in [0.1, 0.15) is 28.7 Å². The molecule has 1 atom stereocenters. The van der Waals surface area contributed by atoms with E-state index in [1.54, 1.807) is 4.90 Å². The maximum absolute atomic E-state index is 11.1. The highest BCUT2D eigenvalue weighted by Gasteiger charge is 2.20. The zero-order valence-corrected chi connectivity index (χ0v) is 11.9. The molecule has 0 spiro atoms. The minimum atomic E-state index is -0.748. The van der Waals surface area contributed by atoms with E-state index in [9.17, 15) is 4.79 Å². The lowest BCUT2D eigenvalue weighted by Gasteiger charge is -2.21. The predicted molar refractivity (Wildman–Crippen MR) is 74.1 cm³/mol. The second kappa shape index (κ2) is 6.01. The summed E-state index contributed by atoms with van der Waals surface area (Å²) < 4.78 is 0. The van der Waals surface area contributed by atoms with Gasteiger partial charge in [0.25, 0.3) is 0 Å². The highest BCUT2D eigenvalue weighted by Crippen LogP contribution is 2.19. The second-order valence-electron chi connectivity index (χ2n) is 5.23. The van der Waals surface area contributed by atoms with Gasteiger partial charge in [0.05, 0.1) is 0 Å². The zero-order chi connectivity index (χ0) is 13.9. The fourth-order valence-corrected chi connectivity index (χ4v) is 2.49. The molecule has 0 aliphatic heterocycles. The summed E-state index contributed by atoms with van der Waals surface area (Å²) in [7, 11) is 3.63. The van der Waals surface area contributed by atoms with Crippen molar-refractivity contribution in [2.75, 3.05) is 14.1 Å². The Morgan fingerprint density at radius 2 is 1.72 bits per heavy atom. The standard InChI is InChI=1S/C15H23NO2/c1-10-8-11(2)13(12(3)9-10)6-7-14(15(17)18)16(4)5/h8-9,14H,6-7H2,1-5H3,(H,17,18). The van der Waals surface area contributed by atoms with Crippen molar-refractivity contribution >= 4 is 5.97 Å². The van der Waals surface area contributed by atoms with Crippen molar-refractivity contribution in [1.29, 1.82) is 0 Å². The first-order chi connectivity index (χ1) is 8.32. The molecule has 1 rings (SSSR count). The van der Waals surface area contributed by atoms with Crippen molar-refractivity contribution in [2.45, 2.75) is 39.7 Å². The highest BCUT2D eigenvalue weighted by atomic mass is 16.4. The Hall–Kier alpha value is -1.35. The molecule has 0 aromatic heterocycles. The molecule has 18 heavy (non-hydrogen) atoms. The van der Waals surface area contributed by atoms with Crippen LogP contribution in [0, 0.1) is 20.8 Å². The summed E-state index contributed by atoms with van der Waals surface area (Å²) in [6, 6.07) is 3.91. The zero-order valence-electron chi connectivity index (χ0n) is 11.9. The second-order valence-corrected chi connectivity index (χ2v) is 5.23. The normalized spacial score (nSPS) is 12.8. The van der Waals surface area contributed by atoms with Gasteiger partial charge in [-0.3, -0.25) is 9.69 Å². The first-order valence-corrected chi connectivity index (χ1v) is 6.29. The quantitative estimate of drug-likeness (QED) is 0.872. The Balaban J connectivity index is 2.83. The molecular formula is C15H23NO2. The smallest absolute Gasteiger partial charge is 0.320 e. The molecule has 0 amide bonds. The number of aryl methyl sites for hydroxylation is 3. The lowest BCUT2D eigenvalue weighted by atomic mass is 9.94. The third kappa shape index (κ3) is 3.57. The van der Waals surface area contributed by atoms with E-state index in [1.165, 1.54) is 22.3 Å². The number of benzene rings is 1.